The number of hydrogen-bond donors (Lipinski definition) is 4. The molecule has 0 spiro atoms. The molecule has 3 aromatic heterocycles. The lowest BCUT2D eigenvalue weighted by molar-refractivity contribution is 0.0493. The highest BCUT2D eigenvalue weighted by atomic mass is 35.5. The maximum Gasteiger partial charge on any atom is 0.407 e. The number of carbonyl (C=O) groups is 2. The molecule has 7 aromatic rings. The fourth-order valence-electron chi connectivity index (χ4n) is 10.6. The maximum atomic E-state index is 13.9. The molecule has 4 unspecified atom stereocenters. The molecule has 83 heavy (non-hydrogen) atoms. The van der Waals surface area contributed by atoms with E-state index in [4.69, 9.17) is 55.0 Å². The second-order valence-electron chi connectivity index (χ2n) is 23.1. The molecular weight excluding hydrogens is 1160 g/mol. The molecule has 6 atom stereocenters. The number of carbonyl (C=O) groups excluding carboxylic acids is 2. The van der Waals surface area contributed by atoms with Crippen molar-refractivity contribution in [2.45, 2.75) is 165 Å². The third-order valence-corrected chi connectivity index (χ3v) is 18.7. The highest BCUT2D eigenvalue weighted by molar-refractivity contribution is 7.93. The number of ether oxygens (including phenoxy) is 2. The summed E-state index contributed by atoms with van der Waals surface area (Å²) >= 11 is 19.0. The van der Waals surface area contributed by atoms with Gasteiger partial charge in [-0.05, 0) is 161 Å². The van der Waals surface area contributed by atoms with E-state index in [0.717, 1.165) is 48.8 Å². The molecule has 4 aromatic carbocycles. The quantitative estimate of drug-likeness (QED) is 0.0931. The number of rotatable bonds is 10. The molecule has 2 saturated carbocycles. The molecule has 0 bridgehead atoms. The van der Waals surface area contributed by atoms with Crippen molar-refractivity contribution < 1.29 is 35.9 Å². The summed E-state index contributed by atoms with van der Waals surface area (Å²) in [5.41, 5.74) is 10.8. The molecule has 23 heteroatoms. The van der Waals surface area contributed by atoms with Gasteiger partial charge in [-0.1, -0.05) is 95.0 Å². The van der Waals surface area contributed by atoms with E-state index in [0.29, 0.717) is 61.6 Å². The average Bonchev–Trinajstić information content (AvgIpc) is 3.19. The first kappa shape index (κ1) is 62.5. The molecular formula is C60H71Cl3N10O8S2. The number of benzene rings is 4. The third kappa shape index (κ3) is 14.9. The number of sulfonamides is 1. The maximum absolute atomic E-state index is 13.9. The monoisotopic (exact) mass is 1230 g/mol. The van der Waals surface area contributed by atoms with Crippen LogP contribution in [0.4, 0.5) is 21.2 Å². The van der Waals surface area contributed by atoms with Crippen LogP contribution in [0, 0.1) is 20.8 Å². The number of para-hydroxylation sites is 2. The lowest BCUT2D eigenvalue weighted by Crippen LogP contribution is -2.38. The van der Waals surface area contributed by atoms with E-state index in [2.05, 4.69) is 30.9 Å². The predicted octanol–water partition coefficient (Wildman–Crippen LogP) is 12.7. The van der Waals surface area contributed by atoms with Crippen molar-refractivity contribution in [1.82, 2.24) is 34.5 Å². The minimum Gasteiger partial charge on any atom is -0.444 e. The molecule has 2 fully saturated rings. The molecule has 10 rings (SSSR count). The lowest BCUT2D eigenvalue weighted by atomic mass is 9.92. The first-order valence-electron chi connectivity index (χ1n) is 27.3. The number of halogens is 3. The molecule has 1 aliphatic heterocycles. The molecule has 18 nitrogen and oxygen atoms in total. The van der Waals surface area contributed by atoms with Gasteiger partial charge < -0.3 is 31.2 Å². The van der Waals surface area contributed by atoms with Gasteiger partial charge in [-0.25, -0.2) is 50.3 Å². The fourth-order valence-corrected chi connectivity index (χ4v) is 14.4. The van der Waals surface area contributed by atoms with Gasteiger partial charge >= 0.3 is 12.2 Å². The van der Waals surface area contributed by atoms with Gasteiger partial charge in [-0.2, -0.15) is 0 Å². The molecule has 5 N–H and O–H groups in total. The van der Waals surface area contributed by atoms with Crippen LogP contribution in [-0.2, 0) is 29.5 Å². The zero-order chi connectivity index (χ0) is 60.3. The van der Waals surface area contributed by atoms with E-state index >= 15 is 0 Å². The van der Waals surface area contributed by atoms with E-state index in [9.17, 15) is 26.4 Å². The minimum absolute atomic E-state index is 0.0172. The van der Waals surface area contributed by atoms with E-state index in [1.165, 1.54) is 14.5 Å². The van der Waals surface area contributed by atoms with Crippen molar-refractivity contribution >= 4 is 89.6 Å². The first-order valence-corrected chi connectivity index (χ1v) is 31.4. The van der Waals surface area contributed by atoms with Crippen LogP contribution in [0.15, 0.2) is 119 Å². The second-order valence-corrected chi connectivity index (χ2v) is 27.9. The van der Waals surface area contributed by atoms with Crippen molar-refractivity contribution in [2.75, 3.05) is 9.62 Å². The second kappa shape index (κ2) is 25.3. The first-order chi connectivity index (χ1) is 39.0. The van der Waals surface area contributed by atoms with Gasteiger partial charge in [0.05, 0.1) is 66.8 Å². The zero-order valence-electron chi connectivity index (χ0n) is 48.1. The fraction of sp³-hybridized carbons (Fsp3) is 0.400. The topological polar surface area (TPSA) is 243 Å². The highest BCUT2D eigenvalue weighted by Gasteiger charge is 2.45. The van der Waals surface area contributed by atoms with Crippen LogP contribution >= 0.6 is 34.8 Å². The summed E-state index contributed by atoms with van der Waals surface area (Å²) in [5, 5.41) is 10.6. The van der Waals surface area contributed by atoms with Gasteiger partial charge in [0, 0.05) is 40.8 Å². The highest BCUT2D eigenvalue weighted by Crippen LogP contribution is 2.48. The van der Waals surface area contributed by atoms with E-state index in [-0.39, 0.29) is 45.3 Å². The number of amides is 2. The van der Waals surface area contributed by atoms with Gasteiger partial charge in [0.25, 0.3) is 20.0 Å². The zero-order valence-corrected chi connectivity index (χ0v) is 52.0. The Morgan fingerprint density at radius 2 is 1.18 bits per heavy atom. The van der Waals surface area contributed by atoms with Gasteiger partial charge in [0.15, 0.2) is 0 Å². The van der Waals surface area contributed by atoms with E-state index in [1.54, 1.807) is 73.8 Å². The van der Waals surface area contributed by atoms with Crippen LogP contribution in [0.1, 0.15) is 121 Å². The van der Waals surface area contributed by atoms with Crippen molar-refractivity contribution in [3.05, 3.63) is 153 Å². The normalized spacial score (nSPS) is 19.7. The number of fused-ring (bicyclic) bond motifs is 2. The minimum atomic E-state index is -3.84. The number of aromatic nitrogens is 5. The van der Waals surface area contributed by atoms with Crippen molar-refractivity contribution in [1.29, 1.82) is 0 Å². The van der Waals surface area contributed by atoms with Crippen LogP contribution in [0.2, 0.25) is 15.3 Å². The van der Waals surface area contributed by atoms with Crippen LogP contribution in [-0.4, -0.2) is 94.3 Å². The summed E-state index contributed by atoms with van der Waals surface area (Å²) < 4.78 is 68.0. The molecule has 0 radical (unpaired) electrons. The Labute approximate surface area is 501 Å². The van der Waals surface area contributed by atoms with Gasteiger partial charge in [0.2, 0.25) is 11.2 Å². The Balaban J connectivity index is 0.000000184. The van der Waals surface area contributed by atoms with Crippen molar-refractivity contribution in [3.63, 3.8) is 0 Å². The SMILES string of the molecule is CC(C)(C)OC(=O)N[C@@H]1CCC(N)C1.Cc1ccc(S(=O)(=O)N2c3ccccc3C(c3nc(NC4CC[C@@H](NC(=O)OC(C)(C)C)C4)ncc3Cl)C2C)cc1.Cc1ccc(S(=O)(=O)n2c(C)c(-c3nc(Cl)ncc3Cl)c3ccccc32)cc1. The number of nitrogens with zero attached hydrogens (tertiary/aromatic N) is 6. The van der Waals surface area contributed by atoms with Crippen LogP contribution in [0.3, 0.4) is 0 Å². The standard InChI is InChI=1S/C30H36ClN5O4S.C20H15Cl2N3O2S.C10H20N2O2/c1-18-10-14-22(15-11-18)41(38,39)36-19(2)26(23-8-6-7-9-25(23)36)27-24(31)17-32-28(35-27)33-20-12-13-21(16-20)34-29(37)40-30(3,4)5;1-12-7-9-14(10-8-12)28(26,27)25-13(2)18(15-5-3-4-6-17(15)25)19-16(21)11-23-20(22)24-19;1-10(2,3)14-9(13)12-8-5-4-7(11)6-8/h6-11,14-15,17,19-21,26H,12-13,16H2,1-5H3,(H,34,37)(H,32,33,35);3-11H,1-2H3;7-8H,4-6,11H2,1-3H3,(H,12,13)/t19?,20?,21-,26?;;7?,8-/m1.1/s1. The Morgan fingerprint density at radius 1 is 0.651 bits per heavy atom. The number of nitrogens with one attached hydrogen (secondary N) is 3. The predicted molar refractivity (Wildman–Crippen MR) is 327 cm³/mol. The molecule has 2 aliphatic carbocycles. The lowest BCUT2D eigenvalue weighted by Gasteiger charge is -2.27. The molecule has 2 amide bonds. The Bertz CT molecular complexity index is 3730. The summed E-state index contributed by atoms with van der Waals surface area (Å²) in [6.45, 7) is 18.5. The molecule has 3 aliphatic rings. The number of hydrogen-bond acceptors (Lipinski definition) is 14. The van der Waals surface area contributed by atoms with Crippen LogP contribution in [0.5, 0.6) is 0 Å². The Kier molecular flexibility index (Phi) is 19.1. The van der Waals surface area contributed by atoms with Crippen LogP contribution < -0.4 is 26.0 Å². The van der Waals surface area contributed by atoms with Crippen molar-refractivity contribution in [3.8, 4) is 11.3 Å². The van der Waals surface area contributed by atoms with Gasteiger partial charge in [-0.3, -0.25) is 4.31 Å². The van der Waals surface area contributed by atoms with E-state index < -0.39 is 49.3 Å². The third-order valence-electron chi connectivity index (χ3n) is 14.3. The summed E-state index contributed by atoms with van der Waals surface area (Å²) in [6, 6.07) is 28.3. The van der Waals surface area contributed by atoms with Gasteiger partial charge in [0.1, 0.15) is 11.2 Å². The smallest absolute Gasteiger partial charge is 0.407 e. The number of nitrogens with two attached hydrogens (primary N) is 1. The molecule has 4 heterocycles. The summed E-state index contributed by atoms with van der Waals surface area (Å²) in [5.74, 6) is 0.0180. The van der Waals surface area contributed by atoms with Crippen molar-refractivity contribution in [2.24, 2.45) is 5.73 Å². The average molecular weight is 1230 g/mol. The summed E-state index contributed by atoms with van der Waals surface area (Å²) in [4.78, 5) is 41.4. The number of anilines is 2. The van der Waals surface area contributed by atoms with E-state index in [1.807, 2.05) is 98.7 Å². The summed E-state index contributed by atoms with van der Waals surface area (Å²) in [6.07, 6.45) is 7.34. The number of aryl methyl sites for hydroxylation is 2. The van der Waals surface area contributed by atoms with Gasteiger partial charge in [-0.15, -0.1) is 0 Å². The van der Waals surface area contributed by atoms with Crippen LogP contribution in [0.25, 0.3) is 22.2 Å². The molecule has 442 valence electrons. The number of alkyl carbamates (subject to hydrolysis) is 2. The molecule has 0 saturated heterocycles. The Morgan fingerprint density at radius 3 is 1.77 bits per heavy atom. The Hall–Kier alpha value is -6.55. The summed E-state index contributed by atoms with van der Waals surface area (Å²) in [7, 11) is -7.67. The largest absolute Gasteiger partial charge is 0.444 e.